The summed E-state index contributed by atoms with van der Waals surface area (Å²) in [5.74, 6) is -1.49. The van der Waals surface area contributed by atoms with Crippen LogP contribution in [0.4, 0.5) is 0 Å². The van der Waals surface area contributed by atoms with Crippen LogP contribution < -0.4 is 0 Å². The maximum Gasteiger partial charge on any atom is 0.325 e. The second-order valence-electron chi connectivity index (χ2n) is 7.85. The maximum atomic E-state index is 14.0. The zero-order valence-corrected chi connectivity index (χ0v) is 18.4. The van der Waals surface area contributed by atoms with Crippen molar-refractivity contribution in [1.82, 2.24) is 0 Å². The van der Waals surface area contributed by atoms with Gasteiger partial charge in [-0.2, -0.15) is 0 Å². The molecule has 4 heteroatoms. The Hall–Kier alpha value is -4.05. The number of carbonyl (C=O) groups excluding carboxylic acids is 3. The highest BCUT2D eigenvalue weighted by molar-refractivity contribution is 6.20. The van der Waals surface area contributed by atoms with Gasteiger partial charge in [0, 0.05) is 17.5 Å². The minimum absolute atomic E-state index is 0.0930. The van der Waals surface area contributed by atoms with E-state index in [1.807, 2.05) is 42.5 Å². The van der Waals surface area contributed by atoms with Crippen LogP contribution in [-0.2, 0) is 14.9 Å². The third-order valence-electron chi connectivity index (χ3n) is 5.81. The largest absolute Gasteiger partial charge is 0.465 e. The Morgan fingerprint density at radius 3 is 1.91 bits per heavy atom. The molecule has 0 spiro atoms. The lowest BCUT2D eigenvalue weighted by Gasteiger charge is -2.30. The van der Waals surface area contributed by atoms with Crippen LogP contribution in [0.1, 0.15) is 39.6 Å². The molecule has 1 atom stereocenters. The van der Waals surface area contributed by atoms with Crippen LogP contribution in [0, 0.1) is 0 Å². The lowest BCUT2D eigenvalue weighted by Crippen LogP contribution is -2.47. The van der Waals surface area contributed by atoms with Crippen molar-refractivity contribution >= 4 is 28.3 Å². The van der Waals surface area contributed by atoms with Crippen molar-refractivity contribution in [3.8, 4) is 0 Å². The van der Waals surface area contributed by atoms with E-state index in [1.165, 1.54) is 0 Å². The number of benzene rings is 4. The summed E-state index contributed by atoms with van der Waals surface area (Å²) in [6.07, 6.45) is -0.331. The van der Waals surface area contributed by atoms with Crippen LogP contribution >= 0.6 is 0 Å². The molecule has 0 fully saturated rings. The van der Waals surface area contributed by atoms with Gasteiger partial charge in [0.2, 0.25) is 0 Å². The van der Waals surface area contributed by atoms with Gasteiger partial charge < -0.3 is 4.74 Å². The highest BCUT2D eigenvalue weighted by Crippen LogP contribution is 2.37. The van der Waals surface area contributed by atoms with E-state index >= 15 is 0 Å². The molecule has 33 heavy (non-hydrogen) atoms. The first-order chi connectivity index (χ1) is 16.1. The number of esters is 1. The smallest absolute Gasteiger partial charge is 0.325 e. The lowest BCUT2D eigenvalue weighted by atomic mass is 9.70. The number of Topliss-reactive ketones (excluding diaryl/α,β-unsaturated/α-hetero) is 2. The van der Waals surface area contributed by atoms with Crippen molar-refractivity contribution in [2.75, 3.05) is 6.61 Å². The van der Waals surface area contributed by atoms with Crippen molar-refractivity contribution in [1.29, 1.82) is 0 Å². The van der Waals surface area contributed by atoms with Gasteiger partial charge in [0.15, 0.2) is 17.0 Å². The molecule has 4 nitrogen and oxygen atoms in total. The van der Waals surface area contributed by atoms with E-state index in [4.69, 9.17) is 4.74 Å². The number of ketones is 2. The molecule has 164 valence electrons. The average Bonchev–Trinajstić information content (AvgIpc) is 2.87. The zero-order chi connectivity index (χ0) is 23.3. The van der Waals surface area contributed by atoms with Crippen molar-refractivity contribution in [2.45, 2.75) is 18.8 Å². The van der Waals surface area contributed by atoms with E-state index in [-0.39, 0.29) is 18.8 Å². The summed E-state index contributed by atoms with van der Waals surface area (Å²) in [5.41, 5.74) is -0.584. The zero-order valence-electron chi connectivity index (χ0n) is 18.4. The summed E-state index contributed by atoms with van der Waals surface area (Å²) < 4.78 is 5.44. The summed E-state index contributed by atoms with van der Waals surface area (Å²) in [4.78, 5) is 41.0. The van der Waals surface area contributed by atoms with Gasteiger partial charge in [-0.1, -0.05) is 97.1 Å². The molecular weight excluding hydrogens is 412 g/mol. The Kier molecular flexibility index (Phi) is 6.45. The van der Waals surface area contributed by atoms with Crippen molar-refractivity contribution in [2.24, 2.45) is 0 Å². The first-order valence-electron chi connectivity index (χ1n) is 10.9. The predicted molar refractivity (Wildman–Crippen MR) is 128 cm³/mol. The first kappa shape index (κ1) is 22.2. The van der Waals surface area contributed by atoms with Crippen LogP contribution in [0.2, 0.25) is 0 Å². The second-order valence-corrected chi connectivity index (χ2v) is 7.85. The monoisotopic (exact) mass is 436 g/mol. The molecular formula is C29H24O4. The van der Waals surface area contributed by atoms with Crippen molar-refractivity contribution in [3.05, 3.63) is 120 Å². The molecule has 0 N–H and O–H groups in total. The molecule has 0 aliphatic carbocycles. The third kappa shape index (κ3) is 4.33. The van der Waals surface area contributed by atoms with E-state index in [1.54, 1.807) is 67.6 Å². The van der Waals surface area contributed by atoms with E-state index in [9.17, 15) is 14.4 Å². The highest BCUT2D eigenvalue weighted by Gasteiger charge is 2.50. The molecule has 0 aliphatic rings. The molecule has 0 amide bonds. The SMILES string of the molecule is CCOC(=O)[C@@](CC(=O)c1ccccc1)(C(=O)c1ccccc1)c1ccc2ccccc2c1. The van der Waals surface area contributed by atoms with E-state index in [2.05, 4.69) is 0 Å². The fourth-order valence-electron chi connectivity index (χ4n) is 4.11. The van der Waals surface area contributed by atoms with Gasteiger partial charge in [0.25, 0.3) is 0 Å². The normalized spacial score (nSPS) is 12.6. The molecule has 0 radical (unpaired) electrons. The van der Waals surface area contributed by atoms with Crippen LogP contribution in [0.15, 0.2) is 103 Å². The predicted octanol–water partition coefficient (Wildman–Crippen LogP) is 5.80. The molecule has 0 bridgehead atoms. The fraction of sp³-hybridized carbons (Fsp3) is 0.138. The molecule has 0 aliphatic heterocycles. The van der Waals surface area contributed by atoms with E-state index in [0.29, 0.717) is 16.7 Å². The van der Waals surface area contributed by atoms with Crippen molar-refractivity contribution in [3.63, 3.8) is 0 Å². The van der Waals surface area contributed by atoms with Crippen LogP contribution in [0.5, 0.6) is 0 Å². The first-order valence-corrected chi connectivity index (χ1v) is 10.9. The van der Waals surface area contributed by atoms with Gasteiger partial charge in [-0.15, -0.1) is 0 Å². The standard InChI is InChI=1S/C29H24O4/c1-2-33-28(32)29(27(31)23-14-7-4-8-15-23,20-26(30)22-12-5-3-6-13-22)25-18-17-21-11-9-10-16-24(21)19-25/h3-19H,2,20H2,1H3/t29-/m1/s1. The summed E-state index contributed by atoms with van der Waals surface area (Å²) in [5, 5.41) is 1.84. The van der Waals surface area contributed by atoms with Crippen LogP contribution in [0.25, 0.3) is 10.8 Å². The van der Waals surface area contributed by atoms with Gasteiger partial charge in [0.1, 0.15) is 0 Å². The Morgan fingerprint density at radius 1 is 0.697 bits per heavy atom. The second kappa shape index (κ2) is 9.61. The molecule has 4 aromatic rings. The summed E-state index contributed by atoms with van der Waals surface area (Å²) >= 11 is 0. The van der Waals surface area contributed by atoms with Gasteiger partial charge in [-0.25, -0.2) is 0 Å². The number of hydrogen-bond acceptors (Lipinski definition) is 4. The number of fused-ring (bicyclic) bond motifs is 1. The number of rotatable bonds is 8. The Balaban J connectivity index is 1.94. The Labute approximate surface area is 192 Å². The minimum atomic E-state index is -1.81. The summed E-state index contributed by atoms with van der Waals surface area (Å²) in [6, 6.07) is 30.4. The molecule has 0 saturated heterocycles. The van der Waals surface area contributed by atoms with Gasteiger partial charge in [-0.3, -0.25) is 14.4 Å². The quantitative estimate of drug-likeness (QED) is 0.199. The number of hydrogen-bond donors (Lipinski definition) is 0. The Morgan fingerprint density at radius 2 is 1.27 bits per heavy atom. The summed E-state index contributed by atoms with van der Waals surface area (Å²) in [7, 11) is 0. The number of ether oxygens (including phenoxy) is 1. The lowest BCUT2D eigenvalue weighted by molar-refractivity contribution is -0.148. The molecule has 0 saturated carbocycles. The molecule has 0 aromatic heterocycles. The molecule has 0 unspecified atom stereocenters. The molecule has 4 rings (SSSR count). The van der Waals surface area contributed by atoms with Crippen molar-refractivity contribution < 1.29 is 19.1 Å². The van der Waals surface area contributed by atoms with Crippen LogP contribution in [0.3, 0.4) is 0 Å². The average molecular weight is 437 g/mol. The Bertz CT molecular complexity index is 1300. The fourth-order valence-corrected chi connectivity index (χ4v) is 4.11. The van der Waals surface area contributed by atoms with Gasteiger partial charge in [-0.05, 0) is 29.3 Å². The maximum absolute atomic E-state index is 14.0. The summed E-state index contributed by atoms with van der Waals surface area (Å²) in [6.45, 7) is 1.78. The number of carbonyl (C=O) groups is 3. The third-order valence-corrected chi connectivity index (χ3v) is 5.81. The van der Waals surface area contributed by atoms with Gasteiger partial charge >= 0.3 is 5.97 Å². The highest BCUT2D eigenvalue weighted by atomic mass is 16.5. The topological polar surface area (TPSA) is 60.4 Å². The van der Waals surface area contributed by atoms with E-state index < -0.39 is 17.2 Å². The van der Waals surface area contributed by atoms with Gasteiger partial charge in [0.05, 0.1) is 6.61 Å². The van der Waals surface area contributed by atoms with E-state index in [0.717, 1.165) is 10.8 Å². The molecule has 4 aromatic carbocycles. The minimum Gasteiger partial charge on any atom is -0.465 e. The van der Waals surface area contributed by atoms with Crippen LogP contribution in [-0.4, -0.2) is 24.1 Å². The molecule has 0 heterocycles.